The summed E-state index contributed by atoms with van der Waals surface area (Å²) in [5, 5.41) is 2.41. The zero-order chi connectivity index (χ0) is 38.5. The number of terminal acetylenes is 1. The fraction of sp³-hybridized carbons (Fsp3) is 0.0370. The molecule has 0 saturated carbocycles. The van der Waals surface area contributed by atoms with Gasteiger partial charge in [0, 0.05) is 34.8 Å². The van der Waals surface area contributed by atoms with Crippen LogP contribution >= 0.6 is 0 Å². The second-order valence-corrected chi connectivity index (χ2v) is 13.0. The Balaban J connectivity index is 1.19. The minimum Gasteiger partial charge on any atom is -0.407 e. The zero-order valence-corrected chi connectivity index (χ0v) is 31.3. The average Bonchev–Trinajstić information content (AvgIpc) is 3.25. The quantitative estimate of drug-likeness (QED) is 0.109. The van der Waals surface area contributed by atoms with Crippen molar-refractivity contribution in [1.29, 1.82) is 0 Å². The molecule has 7 rings (SSSR count). The number of ether oxygens (including phenoxy) is 1. The summed E-state index contributed by atoms with van der Waals surface area (Å²) in [6, 6.07) is 59.7. The number of hydrogen-bond acceptors (Lipinski definition) is 2. The first-order valence-electron chi connectivity index (χ1n) is 18.3. The van der Waals surface area contributed by atoms with Crippen molar-refractivity contribution in [3.8, 4) is 53.8 Å². The van der Waals surface area contributed by atoms with Crippen LogP contribution in [0.15, 0.2) is 176 Å². The van der Waals surface area contributed by atoms with Crippen LogP contribution in [0.25, 0.3) is 28.0 Å². The van der Waals surface area contributed by atoms with Gasteiger partial charge in [0.2, 0.25) is 0 Å². The molecule has 56 heavy (non-hydrogen) atoms. The summed E-state index contributed by atoms with van der Waals surface area (Å²) in [5.41, 5.74) is 12.5. The summed E-state index contributed by atoms with van der Waals surface area (Å²) in [4.78, 5) is 2.23. The van der Waals surface area contributed by atoms with Gasteiger partial charge in [0.05, 0.1) is 0 Å². The monoisotopic (exact) mass is 715 g/mol. The van der Waals surface area contributed by atoms with E-state index in [4.69, 9.17) is 11.2 Å². The van der Waals surface area contributed by atoms with E-state index in [2.05, 4.69) is 218 Å². The molecule has 0 aliphatic heterocycles. The van der Waals surface area contributed by atoms with Crippen LogP contribution in [0.4, 0.5) is 17.1 Å². The fourth-order valence-electron chi connectivity index (χ4n) is 6.58. The van der Waals surface area contributed by atoms with Gasteiger partial charge in [0.1, 0.15) is 11.9 Å². The first-order chi connectivity index (χ1) is 27.6. The van der Waals surface area contributed by atoms with Crippen LogP contribution in [-0.4, -0.2) is 0 Å². The third-order valence-electron chi connectivity index (χ3n) is 9.31. The number of rotatable bonds is 9. The summed E-state index contributed by atoms with van der Waals surface area (Å²) in [6.07, 6.45) is 12.2. The molecular weight excluding hydrogens is 679 g/mol. The molecule has 264 valence electrons. The number of fused-ring (bicyclic) bond motifs is 1. The third kappa shape index (κ3) is 8.83. The van der Waals surface area contributed by atoms with Crippen molar-refractivity contribution in [1.82, 2.24) is 0 Å². The minimum absolute atomic E-state index is 0.611. The molecule has 0 amide bonds. The van der Waals surface area contributed by atoms with Crippen LogP contribution in [0.3, 0.4) is 0 Å². The molecule has 0 unspecified atom stereocenters. The van der Waals surface area contributed by atoms with Gasteiger partial charge in [-0.15, -0.1) is 6.42 Å². The van der Waals surface area contributed by atoms with Crippen molar-refractivity contribution in [3.05, 3.63) is 209 Å². The first-order valence-corrected chi connectivity index (χ1v) is 18.3. The molecule has 0 radical (unpaired) electrons. The number of aryl methyl sites for hydroxylation is 1. The van der Waals surface area contributed by atoms with E-state index >= 15 is 0 Å². The fourth-order valence-corrected chi connectivity index (χ4v) is 6.58. The van der Waals surface area contributed by atoms with Crippen LogP contribution in [0.5, 0.6) is 5.75 Å². The maximum Gasteiger partial charge on any atom is 0.140 e. The molecule has 0 aliphatic rings. The van der Waals surface area contributed by atoms with Crippen LogP contribution in [0, 0.1) is 55.0 Å². The Morgan fingerprint density at radius 3 is 1.59 bits per heavy atom. The maximum absolute atomic E-state index is 5.58. The van der Waals surface area contributed by atoms with E-state index in [-0.39, 0.29) is 0 Å². The lowest BCUT2D eigenvalue weighted by molar-refractivity contribution is 0.520. The first kappa shape index (κ1) is 36.5. The van der Waals surface area contributed by atoms with Gasteiger partial charge in [-0.1, -0.05) is 121 Å². The lowest BCUT2D eigenvalue weighted by Crippen LogP contribution is -2.09. The lowest BCUT2D eigenvalue weighted by Gasteiger charge is -2.26. The number of nitrogens with zero attached hydrogens (tertiary/aromatic N) is 1. The molecule has 7 aromatic carbocycles. The van der Waals surface area contributed by atoms with Crippen LogP contribution < -0.4 is 9.64 Å². The second-order valence-electron chi connectivity index (χ2n) is 13.0. The minimum atomic E-state index is 0.611. The van der Waals surface area contributed by atoms with Gasteiger partial charge in [-0.3, -0.25) is 0 Å². The Morgan fingerprint density at radius 1 is 0.518 bits per heavy atom. The number of hydrogen-bond donors (Lipinski definition) is 0. The Morgan fingerprint density at radius 2 is 1.02 bits per heavy atom. The largest absolute Gasteiger partial charge is 0.407 e. The normalized spacial score (nSPS) is 10.8. The van der Waals surface area contributed by atoms with Crippen molar-refractivity contribution >= 4 is 45.1 Å². The van der Waals surface area contributed by atoms with Gasteiger partial charge in [0.25, 0.3) is 0 Å². The molecule has 0 atom stereocenters. The predicted molar refractivity (Wildman–Crippen MR) is 235 cm³/mol. The third-order valence-corrected chi connectivity index (χ3v) is 9.31. The number of benzene rings is 7. The highest BCUT2D eigenvalue weighted by molar-refractivity contribution is 5.97. The van der Waals surface area contributed by atoms with E-state index in [9.17, 15) is 0 Å². The molecule has 2 nitrogen and oxygen atoms in total. The Bertz CT molecular complexity index is 2770. The molecule has 0 aliphatic carbocycles. The second kappa shape index (κ2) is 17.8. The topological polar surface area (TPSA) is 12.5 Å². The Kier molecular flexibility index (Phi) is 11.6. The van der Waals surface area contributed by atoms with Gasteiger partial charge in [-0.05, 0) is 148 Å². The van der Waals surface area contributed by atoms with Crippen molar-refractivity contribution in [3.63, 3.8) is 0 Å². The Labute approximate surface area is 330 Å². The summed E-state index contributed by atoms with van der Waals surface area (Å²) in [7, 11) is 0. The van der Waals surface area contributed by atoms with E-state index in [0.29, 0.717) is 5.75 Å². The molecule has 0 N–H and O–H groups in total. The van der Waals surface area contributed by atoms with Crippen LogP contribution in [-0.2, 0) is 0 Å². The SMILES string of the molecule is C#CC#CC#CC#COc1ccc(N(c2ccc(C)cc2)c2ccc(C=C(c3ccccc3)c3ccc4cc(C(=CC)c5ccccc5)ccc4c3)cc2)cc1. The molecule has 0 heterocycles. The van der Waals surface area contributed by atoms with Gasteiger partial charge in [-0.25, -0.2) is 0 Å². The molecule has 0 spiro atoms. The Hall–Kier alpha value is -7.88. The van der Waals surface area contributed by atoms with E-state index in [1.54, 1.807) is 0 Å². The predicted octanol–water partition coefficient (Wildman–Crippen LogP) is 12.6. The lowest BCUT2D eigenvalue weighted by atomic mass is 9.92. The summed E-state index contributed by atoms with van der Waals surface area (Å²) >= 11 is 0. The van der Waals surface area contributed by atoms with E-state index in [1.807, 2.05) is 24.3 Å². The molecule has 0 fully saturated rings. The van der Waals surface area contributed by atoms with Crippen LogP contribution in [0.1, 0.15) is 40.3 Å². The van der Waals surface area contributed by atoms with E-state index in [1.165, 1.54) is 33.0 Å². The molecule has 0 saturated heterocycles. The van der Waals surface area contributed by atoms with Gasteiger partial charge in [-0.2, -0.15) is 0 Å². The highest BCUT2D eigenvalue weighted by Crippen LogP contribution is 2.37. The smallest absolute Gasteiger partial charge is 0.140 e. The van der Waals surface area contributed by atoms with Crippen molar-refractivity contribution in [2.24, 2.45) is 0 Å². The standard InChI is InChI=1S/C54H37NO/c1-4-6-7-8-9-16-37-56-52-35-33-51(34-36-52)55(49-29-21-41(3)22-30-49)50-31-23-42(24-32-50)38-54(44-19-14-11-15-20-44)48-28-26-45-39-47(27-25-46(45)40-48)53(5-2)43-17-12-10-13-18-43/h1,5,10-15,17-36,38-40H,2-3H3. The summed E-state index contributed by atoms with van der Waals surface area (Å²) in [5.74, 6) is 15.6. The van der Waals surface area contributed by atoms with Gasteiger partial charge in [0.15, 0.2) is 0 Å². The number of allylic oxidation sites excluding steroid dienone is 1. The van der Waals surface area contributed by atoms with Crippen molar-refractivity contribution < 1.29 is 4.74 Å². The maximum atomic E-state index is 5.58. The molecule has 2 heteroatoms. The number of anilines is 3. The van der Waals surface area contributed by atoms with Crippen molar-refractivity contribution in [2.75, 3.05) is 4.90 Å². The summed E-state index contributed by atoms with van der Waals surface area (Å²) in [6.45, 7) is 4.20. The average molecular weight is 716 g/mol. The van der Waals surface area contributed by atoms with Crippen molar-refractivity contribution in [2.45, 2.75) is 13.8 Å². The zero-order valence-electron chi connectivity index (χ0n) is 31.3. The van der Waals surface area contributed by atoms with Gasteiger partial charge < -0.3 is 9.64 Å². The summed E-state index contributed by atoms with van der Waals surface area (Å²) < 4.78 is 5.58. The highest BCUT2D eigenvalue weighted by atomic mass is 16.5. The van der Waals surface area contributed by atoms with Gasteiger partial charge >= 0.3 is 0 Å². The molecule has 0 aromatic heterocycles. The highest BCUT2D eigenvalue weighted by Gasteiger charge is 2.14. The molecule has 7 aromatic rings. The molecular formula is C54H37NO. The molecule has 0 bridgehead atoms. The van der Waals surface area contributed by atoms with Crippen LogP contribution in [0.2, 0.25) is 0 Å². The van der Waals surface area contributed by atoms with E-state index < -0.39 is 0 Å². The van der Waals surface area contributed by atoms with E-state index in [0.717, 1.165) is 39.3 Å².